The van der Waals surface area contributed by atoms with Gasteiger partial charge in [0, 0.05) is 11.8 Å². The standard InChI is InChI=1S/C17H23NOS/c1-12(20-11-13-5-3-2-4-6-13)17(19)18-16-10-14-7-8-15(16)9-14/h2-6,12,14-16H,7-11H2,1H3,(H,18,19)/t12?,14-,15+,16-/m1/s1. The molecular formula is C17H23NOS. The first-order valence-electron chi connectivity index (χ1n) is 7.68. The van der Waals surface area contributed by atoms with E-state index in [0.717, 1.165) is 17.6 Å². The van der Waals surface area contributed by atoms with Crippen molar-refractivity contribution in [2.75, 3.05) is 0 Å². The topological polar surface area (TPSA) is 29.1 Å². The molecule has 0 aromatic heterocycles. The molecule has 2 bridgehead atoms. The molecule has 0 saturated heterocycles. The van der Waals surface area contributed by atoms with Gasteiger partial charge in [-0.25, -0.2) is 0 Å². The quantitative estimate of drug-likeness (QED) is 0.897. The van der Waals surface area contributed by atoms with E-state index in [-0.39, 0.29) is 11.2 Å². The van der Waals surface area contributed by atoms with Crippen molar-refractivity contribution in [1.29, 1.82) is 0 Å². The van der Waals surface area contributed by atoms with Gasteiger partial charge in [0.1, 0.15) is 0 Å². The van der Waals surface area contributed by atoms with E-state index in [0.29, 0.717) is 6.04 Å². The summed E-state index contributed by atoms with van der Waals surface area (Å²) in [6.45, 7) is 2.02. The maximum absolute atomic E-state index is 12.3. The molecule has 108 valence electrons. The van der Waals surface area contributed by atoms with Crippen molar-refractivity contribution in [3.8, 4) is 0 Å². The molecule has 2 fully saturated rings. The van der Waals surface area contributed by atoms with E-state index >= 15 is 0 Å². The van der Waals surface area contributed by atoms with Crippen molar-refractivity contribution in [2.24, 2.45) is 11.8 Å². The number of hydrogen-bond acceptors (Lipinski definition) is 2. The molecule has 2 nitrogen and oxygen atoms in total. The van der Waals surface area contributed by atoms with Crippen LogP contribution in [0.5, 0.6) is 0 Å². The maximum atomic E-state index is 12.3. The predicted octanol–water partition coefficient (Wildman–Crippen LogP) is 3.61. The number of amides is 1. The number of fused-ring (bicyclic) bond motifs is 2. The first-order valence-corrected chi connectivity index (χ1v) is 8.73. The average molecular weight is 289 g/mol. The fraction of sp³-hybridized carbons (Fsp3) is 0.588. The molecule has 1 unspecified atom stereocenters. The van der Waals surface area contributed by atoms with E-state index in [1.165, 1.54) is 31.2 Å². The first kappa shape index (κ1) is 14.0. The van der Waals surface area contributed by atoms with Crippen molar-refractivity contribution in [3.63, 3.8) is 0 Å². The van der Waals surface area contributed by atoms with Gasteiger partial charge in [0.05, 0.1) is 5.25 Å². The number of rotatable bonds is 5. The third kappa shape index (κ3) is 3.20. The summed E-state index contributed by atoms with van der Waals surface area (Å²) in [5, 5.41) is 3.32. The molecule has 4 atom stereocenters. The van der Waals surface area contributed by atoms with Gasteiger partial charge in [0.15, 0.2) is 0 Å². The SMILES string of the molecule is CC(SCc1ccccc1)C(=O)N[C@@H]1C[C@@H]2CC[C@H]1C2. The van der Waals surface area contributed by atoms with Gasteiger partial charge in [0.25, 0.3) is 0 Å². The van der Waals surface area contributed by atoms with Crippen LogP contribution in [0.15, 0.2) is 30.3 Å². The van der Waals surface area contributed by atoms with Crippen molar-refractivity contribution in [3.05, 3.63) is 35.9 Å². The summed E-state index contributed by atoms with van der Waals surface area (Å²) < 4.78 is 0. The normalized spacial score (nSPS) is 29.4. The van der Waals surface area contributed by atoms with E-state index < -0.39 is 0 Å². The van der Waals surface area contributed by atoms with Gasteiger partial charge in [-0.1, -0.05) is 36.8 Å². The highest BCUT2D eigenvalue weighted by atomic mass is 32.2. The van der Waals surface area contributed by atoms with Crippen LogP contribution in [-0.4, -0.2) is 17.2 Å². The summed E-state index contributed by atoms with van der Waals surface area (Å²) in [5.74, 6) is 2.78. The number of benzene rings is 1. The molecular weight excluding hydrogens is 266 g/mol. The number of nitrogens with one attached hydrogen (secondary N) is 1. The summed E-state index contributed by atoms with van der Waals surface area (Å²) in [7, 11) is 0. The molecule has 0 radical (unpaired) electrons. The zero-order valence-electron chi connectivity index (χ0n) is 12.0. The average Bonchev–Trinajstić information content (AvgIpc) is 3.08. The summed E-state index contributed by atoms with van der Waals surface area (Å²) in [4.78, 5) is 12.3. The van der Waals surface area contributed by atoms with E-state index in [9.17, 15) is 4.79 Å². The van der Waals surface area contributed by atoms with E-state index in [1.807, 2.05) is 13.0 Å². The summed E-state index contributed by atoms with van der Waals surface area (Å²) in [6.07, 6.45) is 5.26. The van der Waals surface area contributed by atoms with Crippen molar-refractivity contribution in [1.82, 2.24) is 5.32 Å². The van der Waals surface area contributed by atoms with Crippen LogP contribution in [-0.2, 0) is 10.5 Å². The second-order valence-corrected chi connectivity index (χ2v) is 7.56. The Balaban J connectivity index is 1.45. The lowest BCUT2D eigenvalue weighted by atomic mass is 9.95. The minimum Gasteiger partial charge on any atom is -0.352 e. The van der Waals surface area contributed by atoms with Gasteiger partial charge in [-0.2, -0.15) is 0 Å². The second kappa shape index (κ2) is 6.21. The maximum Gasteiger partial charge on any atom is 0.233 e. The van der Waals surface area contributed by atoms with Crippen LogP contribution >= 0.6 is 11.8 Å². The van der Waals surface area contributed by atoms with Crippen LogP contribution in [0.1, 0.15) is 38.2 Å². The van der Waals surface area contributed by atoms with Crippen LogP contribution < -0.4 is 5.32 Å². The van der Waals surface area contributed by atoms with Crippen LogP contribution in [0.4, 0.5) is 0 Å². The number of hydrogen-bond donors (Lipinski definition) is 1. The van der Waals surface area contributed by atoms with Crippen molar-refractivity contribution < 1.29 is 4.79 Å². The largest absolute Gasteiger partial charge is 0.352 e. The Morgan fingerprint density at radius 3 is 2.75 bits per heavy atom. The molecule has 1 N–H and O–H groups in total. The monoisotopic (exact) mass is 289 g/mol. The Bertz CT molecular complexity index is 461. The highest BCUT2D eigenvalue weighted by Crippen LogP contribution is 2.44. The molecule has 0 heterocycles. The molecule has 3 rings (SSSR count). The number of carbonyl (C=O) groups excluding carboxylic acids is 1. The minimum atomic E-state index is 0.0364. The smallest absolute Gasteiger partial charge is 0.233 e. The summed E-state index contributed by atoms with van der Waals surface area (Å²) in [5.41, 5.74) is 1.29. The lowest BCUT2D eigenvalue weighted by Crippen LogP contribution is -2.42. The van der Waals surface area contributed by atoms with E-state index in [1.54, 1.807) is 11.8 Å². The zero-order valence-corrected chi connectivity index (χ0v) is 12.9. The first-order chi connectivity index (χ1) is 9.72. The molecule has 2 aliphatic carbocycles. The molecule has 20 heavy (non-hydrogen) atoms. The van der Waals surface area contributed by atoms with Crippen LogP contribution in [0.25, 0.3) is 0 Å². The van der Waals surface area contributed by atoms with Gasteiger partial charge >= 0.3 is 0 Å². The Morgan fingerprint density at radius 1 is 1.30 bits per heavy atom. The third-order valence-corrected chi connectivity index (χ3v) is 5.99. The zero-order chi connectivity index (χ0) is 13.9. The third-order valence-electron chi connectivity index (χ3n) is 4.78. The summed E-state index contributed by atoms with van der Waals surface area (Å²) in [6, 6.07) is 10.8. The Morgan fingerprint density at radius 2 is 2.10 bits per heavy atom. The molecule has 2 aliphatic rings. The van der Waals surface area contributed by atoms with Gasteiger partial charge in [-0.3, -0.25) is 4.79 Å². The highest BCUT2D eigenvalue weighted by Gasteiger charge is 2.40. The predicted molar refractivity (Wildman–Crippen MR) is 84.6 cm³/mol. The van der Waals surface area contributed by atoms with E-state index in [2.05, 4.69) is 29.6 Å². The second-order valence-electron chi connectivity index (χ2n) is 6.23. The Hall–Kier alpha value is -0.960. The molecule has 2 saturated carbocycles. The molecule has 1 aromatic rings. The van der Waals surface area contributed by atoms with Gasteiger partial charge < -0.3 is 5.32 Å². The molecule has 1 aromatic carbocycles. The lowest BCUT2D eigenvalue weighted by Gasteiger charge is -2.24. The van der Waals surface area contributed by atoms with Crippen LogP contribution in [0.3, 0.4) is 0 Å². The van der Waals surface area contributed by atoms with Crippen LogP contribution in [0, 0.1) is 11.8 Å². The molecule has 0 spiro atoms. The van der Waals surface area contributed by atoms with Crippen molar-refractivity contribution >= 4 is 17.7 Å². The van der Waals surface area contributed by atoms with Gasteiger partial charge in [0.2, 0.25) is 5.91 Å². The van der Waals surface area contributed by atoms with E-state index in [4.69, 9.17) is 0 Å². The van der Waals surface area contributed by atoms with Crippen LogP contribution in [0.2, 0.25) is 0 Å². The summed E-state index contributed by atoms with van der Waals surface area (Å²) >= 11 is 1.73. The number of carbonyl (C=O) groups is 1. The Labute approximate surface area is 125 Å². The highest BCUT2D eigenvalue weighted by molar-refractivity contribution is 7.99. The fourth-order valence-corrected chi connectivity index (χ4v) is 4.45. The lowest BCUT2D eigenvalue weighted by molar-refractivity contribution is -0.121. The molecule has 0 aliphatic heterocycles. The number of thioether (sulfide) groups is 1. The fourth-order valence-electron chi connectivity index (χ4n) is 3.59. The van der Waals surface area contributed by atoms with Gasteiger partial charge in [-0.15, -0.1) is 11.8 Å². The molecule has 1 amide bonds. The molecule has 3 heteroatoms. The van der Waals surface area contributed by atoms with Gasteiger partial charge in [-0.05, 0) is 43.6 Å². The Kier molecular flexibility index (Phi) is 4.35. The minimum absolute atomic E-state index is 0.0364. The van der Waals surface area contributed by atoms with Crippen molar-refractivity contribution in [2.45, 2.75) is 49.7 Å².